The average molecular weight is 613 g/mol. The monoisotopic (exact) mass is 612 g/mol. The van der Waals surface area contributed by atoms with Gasteiger partial charge in [0.25, 0.3) is 0 Å². The maximum Gasteiger partial charge on any atom is 0.337 e. The van der Waals surface area contributed by atoms with Gasteiger partial charge >= 0.3 is 5.97 Å². The zero-order valence-electron chi connectivity index (χ0n) is 27.0. The zero-order valence-corrected chi connectivity index (χ0v) is 27.0. The van der Waals surface area contributed by atoms with E-state index in [1.165, 1.54) is 0 Å². The van der Waals surface area contributed by atoms with E-state index >= 15 is 0 Å². The lowest BCUT2D eigenvalue weighted by molar-refractivity contribution is -0.160. The highest BCUT2D eigenvalue weighted by Gasteiger charge is 2.37. The Hall–Kier alpha value is -4.18. The smallest absolute Gasteiger partial charge is 0.337 e. The number of para-hydroxylation sites is 1. The molecular weight excluding hydrogens is 568 g/mol. The van der Waals surface area contributed by atoms with E-state index in [1.54, 1.807) is 9.20 Å². The molecule has 3 aliphatic heterocycles. The Morgan fingerprint density at radius 2 is 1.87 bits per heavy atom. The number of fused-ring (bicyclic) bond motifs is 7. The SMILES string of the molecule is Cc1nc2cc3nn2c(c1C(OC(C)(C)C)C(=O)O)N1CCC(C)(CCC=CCCOc2ccccc2Cc2cnn-3c2)CC1. The van der Waals surface area contributed by atoms with Crippen LogP contribution in [-0.4, -0.2) is 60.8 Å². The maximum atomic E-state index is 12.8. The number of hydrogen-bond acceptors (Lipinski definition) is 7. The van der Waals surface area contributed by atoms with Crippen LogP contribution in [0.2, 0.25) is 0 Å². The lowest BCUT2D eigenvalue weighted by Gasteiger charge is -2.41. The molecule has 0 spiro atoms. The molecule has 6 bridgehead atoms. The first-order valence-corrected chi connectivity index (χ1v) is 16.0. The topological polar surface area (TPSA) is 107 Å². The number of carbonyl (C=O) groups is 1. The Morgan fingerprint density at radius 3 is 2.62 bits per heavy atom. The van der Waals surface area contributed by atoms with Crippen molar-refractivity contribution in [3.05, 3.63) is 77.3 Å². The van der Waals surface area contributed by atoms with Crippen molar-refractivity contribution in [1.82, 2.24) is 24.4 Å². The van der Waals surface area contributed by atoms with Gasteiger partial charge in [-0.2, -0.15) is 9.61 Å². The molecule has 1 atom stereocenters. The number of anilines is 1. The summed E-state index contributed by atoms with van der Waals surface area (Å²) in [6.07, 6.45) is 12.8. The molecule has 238 valence electrons. The summed E-state index contributed by atoms with van der Waals surface area (Å²) in [6.45, 7) is 12.0. The summed E-state index contributed by atoms with van der Waals surface area (Å²) in [4.78, 5) is 19.9. The molecule has 7 rings (SSSR count). The van der Waals surface area contributed by atoms with E-state index in [0.29, 0.717) is 35.8 Å². The molecule has 1 N–H and O–H groups in total. The molecule has 45 heavy (non-hydrogen) atoms. The van der Waals surface area contributed by atoms with E-state index in [9.17, 15) is 9.90 Å². The van der Waals surface area contributed by atoms with Crippen LogP contribution in [0.15, 0.2) is 54.9 Å². The minimum atomic E-state index is -1.20. The number of rotatable bonds is 3. The quantitative estimate of drug-likeness (QED) is 0.262. The van der Waals surface area contributed by atoms with Crippen molar-refractivity contribution in [2.45, 2.75) is 84.8 Å². The molecule has 0 amide bonds. The Morgan fingerprint density at radius 1 is 1.11 bits per heavy atom. The van der Waals surface area contributed by atoms with Crippen LogP contribution in [-0.2, 0) is 16.0 Å². The van der Waals surface area contributed by atoms with Gasteiger partial charge in [0.15, 0.2) is 17.6 Å². The summed E-state index contributed by atoms with van der Waals surface area (Å²) in [5.41, 5.74) is 3.43. The first-order valence-electron chi connectivity index (χ1n) is 16.0. The van der Waals surface area contributed by atoms with Gasteiger partial charge in [0.2, 0.25) is 0 Å². The number of aromatic nitrogens is 5. The van der Waals surface area contributed by atoms with Crippen LogP contribution in [0, 0.1) is 12.3 Å². The third-order valence-corrected chi connectivity index (χ3v) is 8.88. The Bertz CT molecular complexity index is 1710. The number of benzene rings is 1. The van der Waals surface area contributed by atoms with Gasteiger partial charge in [0.1, 0.15) is 11.6 Å². The van der Waals surface area contributed by atoms with E-state index in [-0.39, 0.29) is 5.41 Å². The first-order chi connectivity index (χ1) is 21.5. The molecule has 0 saturated carbocycles. The van der Waals surface area contributed by atoms with E-state index in [0.717, 1.165) is 67.9 Å². The van der Waals surface area contributed by atoms with Gasteiger partial charge in [-0.15, -0.1) is 5.10 Å². The largest absolute Gasteiger partial charge is 0.493 e. The van der Waals surface area contributed by atoms with Crippen molar-refractivity contribution in [3.63, 3.8) is 0 Å². The molecule has 1 fully saturated rings. The summed E-state index contributed by atoms with van der Waals surface area (Å²) in [5, 5.41) is 20.1. The molecule has 10 nitrogen and oxygen atoms in total. The molecule has 0 aliphatic carbocycles. The summed E-state index contributed by atoms with van der Waals surface area (Å²) >= 11 is 0. The van der Waals surface area contributed by atoms with Crippen LogP contribution in [0.25, 0.3) is 11.5 Å². The molecule has 1 saturated heterocycles. The fourth-order valence-electron chi connectivity index (χ4n) is 6.41. The molecule has 1 unspecified atom stereocenters. The number of hydrogen-bond donors (Lipinski definition) is 1. The summed E-state index contributed by atoms with van der Waals surface area (Å²) in [6, 6.07) is 10.0. The van der Waals surface area contributed by atoms with E-state index in [4.69, 9.17) is 19.6 Å². The van der Waals surface area contributed by atoms with Crippen LogP contribution in [0.1, 0.15) is 88.3 Å². The van der Waals surface area contributed by atoms with Crippen molar-refractivity contribution in [2.75, 3.05) is 24.6 Å². The molecule has 6 heterocycles. The summed E-state index contributed by atoms with van der Waals surface area (Å²) < 4.78 is 15.9. The fourth-order valence-corrected chi connectivity index (χ4v) is 6.41. The van der Waals surface area contributed by atoms with Crippen molar-refractivity contribution >= 4 is 17.4 Å². The number of aryl methyl sites for hydroxylation is 1. The second-order valence-electron chi connectivity index (χ2n) is 13.7. The maximum absolute atomic E-state index is 12.8. The van der Waals surface area contributed by atoms with Gasteiger partial charge in [-0.1, -0.05) is 37.3 Å². The highest BCUT2D eigenvalue weighted by molar-refractivity contribution is 5.78. The number of aliphatic carboxylic acids is 1. The number of allylic oxidation sites excluding steroid dienone is 1. The first kappa shape index (κ1) is 30.8. The molecule has 3 aromatic heterocycles. The number of carboxylic acid groups (broad SMARTS) is 1. The number of ether oxygens (including phenoxy) is 2. The molecular formula is C35H44N6O4. The van der Waals surface area contributed by atoms with Gasteiger partial charge in [-0.05, 0) is 82.4 Å². The average Bonchev–Trinajstić information content (AvgIpc) is 3.62. The van der Waals surface area contributed by atoms with Crippen LogP contribution >= 0.6 is 0 Å². The van der Waals surface area contributed by atoms with Gasteiger partial charge in [0, 0.05) is 37.5 Å². The normalized spacial score (nSPS) is 17.9. The second kappa shape index (κ2) is 12.3. The summed E-state index contributed by atoms with van der Waals surface area (Å²) in [7, 11) is 0. The van der Waals surface area contributed by atoms with Crippen molar-refractivity contribution in [2.24, 2.45) is 5.41 Å². The molecule has 4 aromatic rings. The van der Waals surface area contributed by atoms with Crippen molar-refractivity contribution in [3.8, 4) is 11.6 Å². The zero-order chi connectivity index (χ0) is 31.8. The lowest BCUT2D eigenvalue weighted by atomic mass is 9.76. The van der Waals surface area contributed by atoms with Crippen molar-refractivity contribution < 1.29 is 19.4 Å². The fraction of sp³-hybridized carbons (Fsp3) is 0.486. The van der Waals surface area contributed by atoms with E-state index < -0.39 is 17.7 Å². The van der Waals surface area contributed by atoms with E-state index in [2.05, 4.69) is 35.1 Å². The summed E-state index contributed by atoms with van der Waals surface area (Å²) in [5.74, 6) is 1.18. The molecule has 3 aliphatic rings. The van der Waals surface area contributed by atoms with Gasteiger partial charge < -0.3 is 19.5 Å². The van der Waals surface area contributed by atoms with Crippen LogP contribution < -0.4 is 9.64 Å². The van der Waals surface area contributed by atoms with Crippen LogP contribution in [0.3, 0.4) is 0 Å². The Labute approximate surface area is 264 Å². The van der Waals surface area contributed by atoms with Crippen LogP contribution in [0.4, 0.5) is 5.82 Å². The third-order valence-electron chi connectivity index (χ3n) is 8.88. The number of carboxylic acids is 1. The molecule has 1 aromatic carbocycles. The standard InChI is InChI=1S/C35H44N6O4/c1-24-30(31(33(42)43)45-34(2,3)4)32-39-17-15-35(5,16-18-39)14-10-6-7-11-19-44-27-13-9-8-12-26(27)20-25-22-36-40(23-25)29-21-28(37-24)41(32)38-29/h6-9,12-13,21-23,31H,10-11,14-20H2,1-5H3,(H,42,43). The predicted molar refractivity (Wildman–Crippen MR) is 173 cm³/mol. The minimum absolute atomic E-state index is 0.186. The van der Waals surface area contributed by atoms with Gasteiger partial charge in [-0.25, -0.2) is 14.5 Å². The molecule has 10 heteroatoms. The lowest BCUT2D eigenvalue weighted by Crippen LogP contribution is -2.41. The third kappa shape index (κ3) is 6.76. The minimum Gasteiger partial charge on any atom is -0.493 e. The number of piperidine rings is 1. The molecule has 0 radical (unpaired) electrons. The highest BCUT2D eigenvalue weighted by atomic mass is 16.5. The Balaban J connectivity index is 1.47. The van der Waals surface area contributed by atoms with Gasteiger partial charge in [0.05, 0.1) is 24.0 Å². The van der Waals surface area contributed by atoms with Crippen LogP contribution in [0.5, 0.6) is 5.75 Å². The van der Waals surface area contributed by atoms with E-state index in [1.807, 2.05) is 64.4 Å². The highest BCUT2D eigenvalue weighted by Crippen LogP contribution is 2.41. The Kier molecular flexibility index (Phi) is 8.43. The second-order valence-corrected chi connectivity index (χ2v) is 13.7. The number of nitrogens with zero attached hydrogens (tertiary/aromatic N) is 6. The van der Waals surface area contributed by atoms with Gasteiger partial charge in [-0.3, -0.25) is 0 Å². The predicted octanol–water partition coefficient (Wildman–Crippen LogP) is 6.48. The van der Waals surface area contributed by atoms with Crippen molar-refractivity contribution in [1.29, 1.82) is 0 Å².